The molecule has 0 aromatic heterocycles. The van der Waals surface area contributed by atoms with E-state index in [1.807, 2.05) is 30.3 Å². The first kappa shape index (κ1) is 15.8. The molecule has 128 valence electrons. The number of carbonyl (C=O) groups is 2. The number of hydrogen-bond acceptors (Lipinski definition) is 2. The van der Waals surface area contributed by atoms with Gasteiger partial charge >= 0.3 is 5.97 Å². The molecule has 0 spiro atoms. The molecule has 1 heterocycles. The van der Waals surface area contributed by atoms with E-state index in [2.05, 4.69) is 0 Å². The molecule has 25 heavy (non-hydrogen) atoms. The van der Waals surface area contributed by atoms with Crippen LogP contribution in [-0.2, 0) is 22.6 Å². The molecule has 5 heteroatoms. The summed E-state index contributed by atoms with van der Waals surface area (Å²) in [5.41, 5.74) is 2.79. The summed E-state index contributed by atoms with van der Waals surface area (Å²) in [5.74, 6) is -1.71. The molecule has 2 aliphatic rings. The number of fused-ring (bicyclic) bond motifs is 1. The second kappa shape index (κ2) is 5.99. The topological polar surface area (TPSA) is 57.6 Å². The highest BCUT2D eigenvalue weighted by Crippen LogP contribution is 2.49. The van der Waals surface area contributed by atoms with E-state index in [4.69, 9.17) is 0 Å². The van der Waals surface area contributed by atoms with Gasteiger partial charge in [0.2, 0.25) is 5.91 Å². The van der Waals surface area contributed by atoms with Crippen molar-refractivity contribution in [1.82, 2.24) is 4.90 Å². The number of nitrogens with zero attached hydrogens (tertiary/aromatic N) is 1. The fraction of sp³-hybridized carbons (Fsp3) is 0.300. The lowest BCUT2D eigenvalue weighted by molar-refractivity contribution is -0.152. The highest BCUT2D eigenvalue weighted by molar-refractivity contribution is 5.88. The lowest BCUT2D eigenvalue weighted by Gasteiger charge is -2.34. The first-order valence-electron chi connectivity index (χ1n) is 8.40. The second-order valence-corrected chi connectivity index (χ2v) is 6.80. The molecule has 2 aromatic rings. The van der Waals surface area contributed by atoms with Crippen molar-refractivity contribution in [3.05, 3.63) is 71.0 Å². The summed E-state index contributed by atoms with van der Waals surface area (Å²) in [6, 6.07) is 13.1. The Hall–Kier alpha value is -2.69. The van der Waals surface area contributed by atoms with E-state index in [1.54, 1.807) is 6.07 Å². The lowest BCUT2D eigenvalue weighted by atomic mass is 9.93. The second-order valence-electron chi connectivity index (χ2n) is 6.80. The molecule has 4 rings (SSSR count). The Morgan fingerprint density at radius 1 is 1.08 bits per heavy atom. The minimum Gasteiger partial charge on any atom is -0.480 e. The van der Waals surface area contributed by atoms with Gasteiger partial charge < -0.3 is 10.0 Å². The van der Waals surface area contributed by atoms with Crippen LogP contribution in [0, 0.1) is 11.7 Å². The minimum atomic E-state index is -0.981. The summed E-state index contributed by atoms with van der Waals surface area (Å²) in [5, 5.41) is 9.56. The van der Waals surface area contributed by atoms with Gasteiger partial charge in [0.1, 0.15) is 11.9 Å². The molecule has 1 N–H and O–H groups in total. The molecule has 1 aliphatic heterocycles. The zero-order valence-corrected chi connectivity index (χ0v) is 13.6. The molecule has 0 saturated heterocycles. The fourth-order valence-electron chi connectivity index (χ4n) is 3.76. The third-order valence-corrected chi connectivity index (χ3v) is 5.20. The Balaban J connectivity index is 1.56. The number of carbonyl (C=O) groups excluding carboxylic acids is 1. The van der Waals surface area contributed by atoms with Crippen LogP contribution in [0.15, 0.2) is 48.5 Å². The monoisotopic (exact) mass is 339 g/mol. The van der Waals surface area contributed by atoms with Crippen LogP contribution in [0.25, 0.3) is 0 Å². The maximum Gasteiger partial charge on any atom is 0.326 e. The first-order valence-corrected chi connectivity index (χ1v) is 8.40. The molecule has 4 nitrogen and oxygen atoms in total. The lowest BCUT2D eigenvalue weighted by Crippen LogP contribution is -2.49. The maximum absolute atomic E-state index is 13.4. The Morgan fingerprint density at radius 2 is 1.84 bits per heavy atom. The highest BCUT2D eigenvalue weighted by Gasteiger charge is 2.48. The van der Waals surface area contributed by atoms with Crippen LogP contribution in [0.4, 0.5) is 4.39 Å². The predicted octanol–water partition coefficient (Wildman–Crippen LogP) is 2.97. The zero-order chi connectivity index (χ0) is 17.6. The van der Waals surface area contributed by atoms with Crippen LogP contribution >= 0.6 is 0 Å². The summed E-state index contributed by atoms with van der Waals surface area (Å²) in [7, 11) is 0. The molecule has 2 aromatic carbocycles. The number of benzene rings is 2. The van der Waals surface area contributed by atoms with E-state index in [9.17, 15) is 19.1 Å². The van der Waals surface area contributed by atoms with E-state index in [1.165, 1.54) is 17.0 Å². The summed E-state index contributed by atoms with van der Waals surface area (Å²) in [4.78, 5) is 26.1. The molecule has 1 aliphatic carbocycles. The summed E-state index contributed by atoms with van der Waals surface area (Å²) in [6.07, 6.45) is 0.974. The van der Waals surface area contributed by atoms with Gasteiger partial charge in [-0.3, -0.25) is 4.79 Å². The molecule has 1 fully saturated rings. The third-order valence-electron chi connectivity index (χ3n) is 5.20. The first-order chi connectivity index (χ1) is 12.0. The van der Waals surface area contributed by atoms with E-state index in [0.717, 1.165) is 16.7 Å². The Bertz CT molecular complexity index is 850. The Morgan fingerprint density at radius 3 is 2.56 bits per heavy atom. The molecular weight excluding hydrogens is 321 g/mol. The number of aliphatic carboxylic acids is 1. The summed E-state index contributed by atoms with van der Waals surface area (Å²) in [6.45, 7) is 0.318. The standard InChI is InChI=1S/C20H18FNO3/c21-15-7-3-6-13(8-15)16-10-17(16)19(23)22-11-14-5-2-1-4-12(14)9-18(22)20(24)25/h1-8,16-18H,9-11H2,(H,24,25)/t16-,17+,18+/m1/s1. The Kier molecular flexibility index (Phi) is 3.79. The number of hydrogen-bond donors (Lipinski definition) is 1. The molecule has 0 unspecified atom stereocenters. The zero-order valence-electron chi connectivity index (χ0n) is 13.6. The van der Waals surface area contributed by atoms with Gasteiger partial charge in [0, 0.05) is 18.9 Å². The normalized spacial score (nSPS) is 24.5. The summed E-state index contributed by atoms with van der Waals surface area (Å²) >= 11 is 0. The smallest absolute Gasteiger partial charge is 0.326 e. The van der Waals surface area contributed by atoms with Gasteiger partial charge in [0.25, 0.3) is 0 Å². The quantitative estimate of drug-likeness (QED) is 0.935. The van der Waals surface area contributed by atoms with Crippen molar-refractivity contribution in [2.75, 3.05) is 0 Å². The van der Waals surface area contributed by atoms with Crippen molar-refractivity contribution < 1.29 is 19.1 Å². The number of rotatable bonds is 3. The number of carboxylic acids is 1. The molecule has 1 saturated carbocycles. The van der Waals surface area contributed by atoms with Crippen LogP contribution < -0.4 is 0 Å². The largest absolute Gasteiger partial charge is 0.480 e. The van der Waals surface area contributed by atoms with Gasteiger partial charge in [-0.25, -0.2) is 9.18 Å². The van der Waals surface area contributed by atoms with Crippen LogP contribution in [0.2, 0.25) is 0 Å². The van der Waals surface area contributed by atoms with Crippen LogP contribution in [0.5, 0.6) is 0 Å². The van der Waals surface area contributed by atoms with Gasteiger partial charge in [-0.2, -0.15) is 0 Å². The average Bonchev–Trinajstić information content (AvgIpc) is 3.40. The van der Waals surface area contributed by atoms with Crippen molar-refractivity contribution in [2.24, 2.45) is 5.92 Å². The molecule has 3 atom stereocenters. The van der Waals surface area contributed by atoms with E-state index in [-0.39, 0.29) is 23.6 Å². The molecule has 1 amide bonds. The van der Waals surface area contributed by atoms with Crippen molar-refractivity contribution in [2.45, 2.75) is 31.3 Å². The predicted molar refractivity (Wildman–Crippen MR) is 89.4 cm³/mol. The number of halogens is 1. The van der Waals surface area contributed by atoms with E-state index in [0.29, 0.717) is 19.4 Å². The maximum atomic E-state index is 13.4. The van der Waals surface area contributed by atoms with E-state index >= 15 is 0 Å². The SMILES string of the molecule is O=C(O)[C@@H]1Cc2ccccc2CN1C(=O)[C@H]1C[C@@H]1c1cccc(F)c1. The summed E-state index contributed by atoms with van der Waals surface area (Å²) < 4.78 is 13.4. The van der Waals surface area contributed by atoms with Crippen LogP contribution in [0.1, 0.15) is 29.0 Å². The van der Waals surface area contributed by atoms with Crippen molar-refractivity contribution in [3.63, 3.8) is 0 Å². The minimum absolute atomic E-state index is 0.0187. The number of amides is 1. The highest BCUT2D eigenvalue weighted by atomic mass is 19.1. The van der Waals surface area contributed by atoms with Gasteiger partial charge in [0.15, 0.2) is 0 Å². The third kappa shape index (κ3) is 2.90. The molecule has 0 bridgehead atoms. The molecular formula is C20H18FNO3. The average molecular weight is 339 g/mol. The van der Waals surface area contributed by atoms with E-state index < -0.39 is 12.0 Å². The van der Waals surface area contributed by atoms with Crippen molar-refractivity contribution in [1.29, 1.82) is 0 Å². The van der Waals surface area contributed by atoms with Gasteiger partial charge in [-0.05, 0) is 41.2 Å². The molecule has 0 radical (unpaired) electrons. The van der Waals surface area contributed by atoms with Gasteiger partial charge in [-0.1, -0.05) is 36.4 Å². The van der Waals surface area contributed by atoms with Gasteiger partial charge in [0.05, 0.1) is 0 Å². The van der Waals surface area contributed by atoms with Gasteiger partial charge in [-0.15, -0.1) is 0 Å². The van der Waals surface area contributed by atoms with Crippen molar-refractivity contribution >= 4 is 11.9 Å². The van der Waals surface area contributed by atoms with Crippen molar-refractivity contribution in [3.8, 4) is 0 Å². The fourth-order valence-corrected chi connectivity index (χ4v) is 3.76. The number of carboxylic acid groups (broad SMARTS) is 1. The van der Waals surface area contributed by atoms with Crippen LogP contribution in [-0.4, -0.2) is 27.9 Å². The van der Waals surface area contributed by atoms with Crippen LogP contribution in [0.3, 0.4) is 0 Å². The Labute approximate surface area is 144 Å².